The lowest BCUT2D eigenvalue weighted by Gasteiger charge is -2.07. The Kier molecular flexibility index (Phi) is 3.29. The molecule has 0 saturated carbocycles. The van der Waals surface area contributed by atoms with Gasteiger partial charge >= 0.3 is 0 Å². The number of aromatic nitrogens is 3. The SMILES string of the molecule is Cc1cnc2c(c1)nc(CCl)n2-c1cccc(Br)c1. The van der Waals surface area contributed by atoms with E-state index in [0.29, 0.717) is 5.88 Å². The maximum atomic E-state index is 6.01. The number of alkyl halides is 1. The van der Waals surface area contributed by atoms with Crippen molar-refractivity contribution in [2.75, 3.05) is 0 Å². The van der Waals surface area contributed by atoms with Gasteiger partial charge in [-0.05, 0) is 36.8 Å². The van der Waals surface area contributed by atoms with Crippen LogP contribution in [0.1, 0.15) is 11.4 Å². The van der Waals surface area contributed by atoms with E-state index in [1.165, 1.54) is 0 Å². The summed E-state index contributed by atoms with van der Waals surface area (Å²) < 4.78 is 3.01. The summed E-state index contributed by atoms with van der Waals surface area (Å²) >= 11 is 9.49. The third kappa shape index (κ3) is 2.26. The summed E-state index contributed by atoms with van der Waals surface area (Å²) in [6, 6.07) is 10.0. The third-order valence-electron chi connectivity index (χ3n) is 2.89. The van der Waals surface area contributed by atoms with Gasteiger partial charge in [-0.25, -0.2) is 9.97 Å². The fraction of sp³-hybridized carbons (Fsp3) is 0.143. The highest BCUT2D eigenvalue weighted by Gasteiger charge is 2.13. The molecule has 0 amide bonds. The van der Waals surface area contributed by atoms with Gasteiger partial charge in [0.25, 0.3) is 0 Å². The Morgan fingerprint density at radius 3 is 2.89 bits per heavy atom. The Balaban J connectivity index is 2.32. The summed E-state index contributed by atoms with van der Waals surface area (Å²) in [7, 11) is 0. The van der Waals surface area contributed by atoms with Crippen LogP contribution in [-0.4, -0.2) is 14.5 Å². The minimum absolute atomic E-state index is 0.349. The van der Waals surface area contributed by atoms with Crippen molar-refractivity contribution >= 4 is 38.7 Å². The number of nitrogens with zero attached hydrogens (tertiary/aromatic N) is 3. The van der Waals surface area contributed by atoms with Gasteiger partial charge < -0.3 is 0 Å². The maximum absolute atomic E-state index is 6.01. The Labute approximate surface area is 124 Å². The number of aryl methyl sites for hydroxylation is 1. The minimum atomic E-state index is 0.349. The highest BCUT2D eigenvalue weighted by atomic mass is 79.9. The second-order valence-corrected chi connectivity index (χ2v) is 5.52. The second-order valence-electron chi connectivity index (χ2n) is 4.33. The first-order valence-electron chi connectivity index (χ1n) is 5.85. The maximum Gasteiger partial charge on any atom is 0.164 e. The predicted molar refractivity (Wildman–Crippen MR) is 80.9 cm³/mol. The van der Waals surface area contributed by atoms with Crippen molar-refractivity contribution in [2.45, 2.75) is 12.8 Å². The summed E-state index contributed by atoms with van der Waals surface area (Å²) in [5.74, 6) is 1.15. The van der Waals surface area contributed by atoms with Crippen LogP contribution in [-0.2, 0) is 5.88 Å². The summed E-state index contributed by atoms with van der Waals surface area (Å²) in [6.07, 6.45) is 1.84. The molecule has 5 heteroatoms. The van der Waals surface area contributed by atoms with Crippen LogP contribution in [0.5, 0.6) is 0 Å². The predicted octanol–water partition coefficient (Wildman–Crippen LogP) is 4.23. The topological polar surface area (TPSA) is 30.7 Å². The normalized spacial score (nSPS) is 11.1. The number of rotatable bonds is 2. The van der Waals surface area contributed by atoms with E-state index in [1.54, 1.807) is 0 Å². The van der Waals surface area contributed by atoms with Gasteiger partial charge in [0, 0.05) is 16.4 Å². The Morgan fingerprint density at radius 1 is 1.32 bits per heavy atom. The molecule has 0 spiro atoms. The monoisotopic (exact) mass is 335 g/mol. The van der Waals surface area contributed by atoms with Gasteiger partial charge in [-0.3, -0.25) is 4.57 Å². The van der Waals surface area contributed by atoms with Crippen molar-refractivity contribution in [3.63, 3.8) is 0 Å². The summed E-state index contributed by atoms with van der Waals surface area (Å²) in [5.41, 5.74) is 3.80. The van der Waals surface area contributed by atoms with Crippen LogP contribution in [0.3, 0.4) is 0 Å². The molecule has 0 fully saturated rings. The molecule has 0 bridgehead atoms. The third-order valence-corrected chi connectivity index (χ3v) is 3.62. The van der Waals surface area contributed by atoms with E-state index in [0.717, 1.165) is 32.7 Å². The number of hydrogen-bond donors (Lipinski definition) is 0. The average molecular weight is 337 g/mol. The molecule has 3 aromatic rings. The molecule has 2 aromatic heterocycles. The van der Waals surface area contributed by atoms with E-state index in [2.05, 4.69) is 25.9 Å². The van der Waals surface area contributed by atoms with Gasteiger partial charge in [-0.1, -0.05) is 22.0 Å². The Bertz CT molecular complexity index is 752. The van der Waals surface area contributed by atoms with Crippen molar-refractivity contribution in [1.82, 2.24) is 14.5 Å². The first-order valence-corrected chi connectivity index (χ1v) is 7.17. The molecule has 0 N–H and O–H groups in total. The number of benzene rings is 1. The van der Waals surface area contributed by atoms with E-state index in [9.17, 15) is 0 Å². The summed E-state index contributed by atoms with van der Waals surface area (Å²) in [6.45, 7) is 2.00. The molecule has 3 rings (SSSR count). The van der Waals surface area contributed by atoms with Gasteiger partial charge in [-0.2, -0.15) is 0 Å². The zero-order chi connectivity index (χ0) is 13.4. The standard InChI is InChI=1S/C14H11BrClN3/c1-9-5-12-14(17-8-9)19(13(7-16)18-12)11-4-2-3-10(15)6-11/h2-6,8H,7H2,1H3. The molecule has 0 aliphatic rings. The molecule has 2 heterocycles. The zero-order valence-electron chi connectivity index (χ0n) is 10.3. The number of hydrogen-bond acceptors (Lipinski definition) is 2. The van der Waals surface area contributed by atoms with Crippen LogP contribution >= 0.6 is 27.5 Å². The average Bonchev–Trinajstić information content (AvgIpc) is 2.76. The lowest BCUT2D eigenvalue weighted by molar-refractivity contribution is 0.968. The van der Waals surface area contributed by atoms with Crippen LogP contribution in [0, 0.1) is 6.92 Å². The summed E-state index contributed by atoms with van der Waals surface area (Å²) in [5, 5.41) is 0. The molecule has 0 aliphatic heterocycles. The van der Waals surface area contributed by atoms with E-state index in [-0.39, 0.29) is 0 Å². The van der Waals surface area contributed by atoms with Crippen molar-refractivity contribution in [2.24, 2.45) is 0 Å². The molecule has 0 unspecified atom stereocenters. The lowest BCUT2D eigenvalue weighted by atomic mass is 10.3. The fourth-order valence-electron chi connectivity index (χ4n) is 2.09. The molecule has 19 heavy (non-hydrogen) atoms. The molecule has 0 radical (unpaired) electrons. The molecular formula is C14H11BrClN3. The number of imidazole rings is 1. The van der Waals surface area contributed by atoms with E-state index in [1.807, 2.05) is 48.0 Å². The number of halogens is 2. The Hall–Kier alpha value is -1.39. The highest BCUT2D eigenvalue weighted by Crippen LogP contribution is 2.23. The van der Waals surface area contributed by atoms with Crippen molar-refractivity contribution < 1.29 is 0 Å². The second kappa shape index (κ2) is 4.94. The van der Waals surface area contributed by atoms with Crippen molar-refractivity contribution in [3.05, 3.63) is 52.4 Å². The molecule has 0 atom stereocenters. The highest BCUT2D eigenvalue weighted by molar-refractivity contribution is 9.10. The van der Waals surface area contributed by atoms with E-state index < -0.39 is 0 Å². The molecule has 0 saturated heterocycles. The quantitative estimate of drug-likeness (QED) is 0.656. The molecular weight excluding hydrogens is 326 g/mol. The van der Waals surface area contributed by atoms with E-state index >= 15 is 0 Å². The largest absolute Gasteiger partial charge is 0.280 e. The van der Waals surface area contributed by atoms with Gasteiger partial charge in [0.2, 0.25) is 0 Å². The number of pyridine rings is 1. The lowest BCUT2D eigenvalue weighted by Crippen LogP contribution is -2.00. The minimum Gasteiger partial charge on any atom is -0.280 e. The van der Waals surface area contributed by atoms with Crippen LogP contribution < -0.4 is 0 Å². The molecule has 1 aromatic carbocycles. The van der Waals surface area contributed by atoms with Crippen LogP contribution in [0.4, 0.5) is 0 Å². The van der Waals surface area contributed by atoms with Gasteiger partial charge in [-0.15, -0.1) is 11.6 Å². The molecule has 0 aliphatic carbocycles. The smallest absolute Gasteiger partial charge is 0.164 e. The van der Waals surface area contributed by atoms with E-state index in [4.69, 9.17) is 11.6 Å². The zero-order valence-corrected chi connectivity index (χ0v) is 12.6. The molecule has 96 valence electrons. The van der Waals surface area contributed by atoms with Crippen molar-refractivity contribution in [1.29, 1.82) is 0 Å². The van der Waals surface area contributed by atoms with Crippen LogP contribution in [0.2, 0.25) is 0 Å². The summed E-state index contributed by atoms with van der Waals surface area (Å²) in [4.78, 5) is 9.03. The van der Waals surface area contributed by atoms with Gasteiger partial charge in [0.05, 0.1) is 5.88 Å². The molecule has 3 nitrogen and oxygen atoms in total. The first-order chi connectivity index (χ1) is 9.19. The first kappa shape index (κ1) is 12.6. The van der Waals surface area contributed by atoms with Crippen LogP contribution in [0.25, 0.3) is 16.9 Å². The number of fused-ring (bicyclic) bond motifs is 1. The fourth-order valence-corrected chi connectivity index (χ4v) is 2.66. The Morgan fingerprint density at radius 2 is 2.16 bits per heavy atom. The van der Waals surface area contributed by atoms with Gasteiger partial charge in [0.1, 0.15) is 11.3 Å². The van der Waals surface area contributed by atoms with Crippen LogP contribution in [0.15, 0.2) is 41.0 Å². The van der Waals surface area contributed by atoms with Crippen molar-refractivity contribution in [3.8, 4) is 5.69 Å². The van der Waals surface area contributed by atoms with Gasteiger partial charge in [0.15, 0.2) is 5.65 Å².